The summed E-state index contributed by atoms with van der Waals surface area (Å²) in [5.41, 5.74) is 1.22. The van der Waals surface area contributed by atoms with Gasteiger partial charge in [-0.1, -0.05) is 24.3 Å². The van der Waals surface area contributed by atoms with Gasteiger partial charge in [-0.2, -0.15) is 0 Å². The Morgan fingerprint density at radius 2 is 2.06 bits per heavy atom. The maximum absolute atomic E-state index is 10.6. The van der Waals surface area contributed by atoms with E-state index >= 15 is 0 Å². The third-order valence-electron chi connectivity index (χ3n) is 2.57. The van der Waals surface area contributed by atoms with E-state index in [0.717, 1.165) is 18.6 Å². The summed E-state index contributed by atoms with van der Waals surface area (Å²) in [5.74, 6) is -0.347. The topological polar surface area (TPSA) is 46.5 Å². The predicted molar refractivity (Wildman–Crippen MR) is 67.3 cm³/mol. The van der Waals surface area contributed by atoms with Gasteiger partial charge in [0.1, 0.15) is 5.75 Å². The van der Waals surface area contributed by atoms with Gasteiger partial charge in [-0.15, -0.1) is 0 Å². The Hall–Kier alpha value is -1.77. The average molecular weight is 234 g/mol. The quantitative estimate of drug-likeness (QED) is 0.770. The number of benzene rings is 1. The standard InChI is InChI=1S/C14H18O3/c1-11(14(15)16)5-3-4-6-12-7-9-13(17-2)10-8-12/h3,5,7-11H,4,6H2,1-2H3,(H,15,16)/b5-3+. The minimum atomic E-state index is -0.786. The lowest BCUT2D eigenvalue weighted by Gasteiger charge is -2.02. The highest BCUT2D eigenvalue weighted by Gasteiger charge is 2.04. The summed E-state index contributed by atoms with van der Waals surface area (Å²) >= 11 is 0. The highest BCUT2D eigenvalue weighted by Crippen LogP contribution is 2.12. The molecule has 1 unspecified atom stereocenters. The van der Waals surface area contributed by atoms with Crippen LogP contribution in [0.2, 0.25) is 0 Å². The molecule has 0 aromatic heterocycles. The van der Waals surface area contributed by atoms with Gasteiger partial charge in [0.2, 0.25) is 0 Å². The summed E-state index contributed by atoms with van der Waals surface area (Å²) in [6.07, 6.45) is 5.41. The zero-order valence-electron chi connectivity index (χ0n) is 10.2. The summed E-state index contributed by atoms with van der Waals surface area (Å²) in [7, 11) is 1.64. The van der Waals surface area contributed by atoms with Crippen LogP contribution < -0.4 is 4.74 Å². The highest BCUT2D eigenvalue weighted by atomic mass is 16.5. The van der Waals surface area contributed by atoms with Crippen LogP contribution in [-0.4, -0.2) is 18.2 Å². The maximum Gasteiger partial charge on any atom is 0.310 e. The zero-order valence-corrected chi connectivity index (χ0v) is 10.2. The number of carboxylic acid groups (broad SMARTS) is 1. The van der Waals surface area contributed by atoms with E-state index in [2.05, 4.69) is 0 Å². The first-order valence-electron chi connectivity index (χ1n) is 5.66. The van der Waals surface area contributed by atoms with Crippen molar-refractivity contribution in [1.82, 2.24) is 0 Å². The first kappa shape index (κ1) is 13.3. The molecule has 0 amide bonds. The molecule has 0 heterocycles. The third kappa shape index (κ3) is 4.72. The highest BCUT2D eigenvalue weighted by molar-refractivity contribution is 5.71. The first-order valence-corrected chi connectivity index (χ1v) is 5.66. The summed E-state index contributed by atoms with van der Waals surface area (Å²) in [6.45, 7) is 1.67. The molecule has 1 aromatic rings. The second kappa shape index (κ2) is 6.74. The molecule has 0 fully saturated rings. The van der Waals surface area contributed by atoms with Crippen molar-refractivity contribution < 1.29 is 14.6 Å². The molecule has 3 nitrogen and oxygen atoms in total. The molecule has 1 atom stereocenters. The first-order chi connectivity index (χ1) is 8.13. The Kier molecular flexibility index (Phi) is 5.27. The monoisotopic (exact) mass is 234 g/mol. The number of carboxylic acids is 1. The molecule has 0 bridgehead atoms. The van der Waals surface area contributed by atoms with Gasteiger partial charge in [0.25, 0.3) is 0 Å². The average Bonchev–Trinajstić information content (AvgIpc) is 2.35. The van der Waals surface area contributed by atoms with Crippen molar-refractivity contribution in [2.75, 3.05) is 7.11 Å². The Labute approximate surface area is 102 Å². The van der Waals surface area contributed by atoms with Gasteiger partial charge >= 0.3 is 5.97 Å². The molecule has 0 aliphatic carbocycles. The molecule has 92 valence electrons. The van der Waals surface area contributed by atoms with Crippen molar-refractivity contribution in [3.63, 3.8) is 0 Å². The number of methoxy groups -OCH3 is 1. The molecule has 1 rings (SSSR count). The Balaban J connectivity index is 2.37. The van der Waals surface area contributed by atoms with Gasteiger partial charge in [0.05, 0.1) is 13.0 Å². The second-order valence-electron chi connectivity index (χ2n) is 3.94. The molecule has 0 radical (unpaired) electrons. The van der Waals surface area contributed by atoms with Crippen LogP contribution in [0.5, 0.6) is 5.75 Å². The number of rotatable bonds is 6. The Morgan fingerprint density at radius 3 is 2.59 bits per heavy atom. The second-order valence-corrected chi connectivity index (χ2v) is 3.94. The number of allylic oxidation sites excluding steroid dienone is 1. The van der Waals surface area contributed by atoms with E-state index in [9.17, 15) is 4.79 Å². The van der Waals surface area contributed by atoms with E-state index in [1.807, 2.05) is 30.3 Å². The van der Waals surface area contributed by atoms with Crippen molar-refractivity contribution in [3.8, 4) is 5.75 Å². The molecular formula is C14H18O3. The van der Waals surface area contributed by atoms with Crippen LogP contribution >= 0.6 is 0 Å². The van der Waals surface area contributed by atoms with E-state index in [0.29, 0.717) is 0 Å². The summed E-state index contributed by atoms with van der Waals surface area (Å²) in [5, 5.41) is 8.69. The molecule has 0 saturated carbocycles. The van der Waals surface area contributed by atoms with Crippen LogP contribution in [0.4, 0.5) is 0 Å². The van der Waals surface area contributed by atoms with Crippen LogP contribution in [0, 0.1) is 5.92 Å². The maximum atomic E-state index is 10.6. The lowest BCUT2D eigenvalue weighted by Crippen LogP contribution is -2.05. The summed E-state index contributed by atoms with van der Waals surface area (Å²) in [4.78, 5) is 10.6. The fourth-order valence-corrected chi connectivity index (χ4v) is 1.42. The lowest BCUT2D eigenvalue weighted by atomic mass is 10.1. The molecule has 1 N–H and O–H groups in total. The van der Waals surface area contributed by atoms with Crippen LogP contribution in [0.15, 0.2) is 36.4 Å². The molecular weight excluding hydrogens is 216 g/mol. The zero-order chi connectivity index (χ0) is 12.7. The van der Waals surface area contributed by atoms with Gasteiger partial charge in [-0.3, -0.25) is 4.79 Å². The van der Waals surface area contributed by atoms with Crippen LogP contribution in [0.1, 0.15) is 18.9 Å². The van der Waals surface area contributed by atoms with Gasteiger partial charge in [-0.25, -0.2) is 0 Å². The normalized spacial score (nSPS) is 12.6. The molecule has 0 spiro atoms. The van der Waals surface area contributed by atoms with E-state index in [1.54, 1.807) is 20.1 Å². The fourth-order valence-electron chi connectivity index (χ4n) is 1.42. The minimum absolute atomic E-state index is 0.411. The molecule has 3 heteroatoms. The molecule has 0 aliphatic rings. The molecule has 0 aliphatic heterocycles. The van der Waals surface area contributed by atoms with E-state index in [1.165, 1.54) is 5.56 Å². The number of hydrogen-bond donors (Lipinski definition) is 1. The van der Waals surface area contributed by atoms with Crippen molar-refractivity contribution in [2.45, 2.75) is 19.8 Å². The van der Waals surface area contributed by atoms with Gasteiger partial charge in [-0.05, 0) is 37.5 Å². The molecule has 17 heavy (non-hydrogen) atoms. The van der Waals surface area contributed by atoms with Crippen LogP contribution in [0.25, 0.3) is 0 Å². The lowest BCUT2D eigenvalue weighted by molar-refractivity contribution is -0.139. The van der Waals surface area contributed by atoms with Crippen molar-refractivity contribution in [1.29, 1.82) is 0 Å². The number of ether oxygens (including phenoxy) is 1. The summed E-state index contributed by atoms with van der Waals surface area (Å²) in [6, 6.07) is 7.90. The predicted octanol–water partition coefficient (Wildman–Crippen LogP) is 2.90. The van der Waals surface area contributed by atoms with Crippen molar-refractivity contribution in [3.05, 3.63) is 42.0 Å². The fraction of sp³-hybridized carbons (Fsp3) is 0.357. The third-order valence-corrected chi connectivity index (χ3v) is 2.57. The van der Waals surface area contributed by atoms with Crippen LogP contribution in [-0.2, 0) is 11.2 Å². The SMILES string of the molecule is COc1ccc(CC/C=C/C(C)C(=O)O)cc1. The van der Waals surface area contributed by atoms with Gasteiger partial charge in [0, 0.05) is 0 Å². The van der Waals surface area contributed by atoms with Crippen molar-refractivity contribution in [2.24, 2.45) is 5.92 Å². The Morgan fingerprint density at radius 1 is 1.41 bits per heavy atom. The Bertz CT molecular complexity index is 379. The minimum Gasteiger partial charge on any atom is -0.497 e. The smallest absolute Gasteiger partial charge is 0.310 e. The molecule has 0 saturated heterocycles. The van der Waals surface area contributed by atoms with Gasteiger partial charge < -0.3 is 9.84 Å². The van der Waals surface area contributed by atoms with E-state index < -0.39 is 11.9 Å². The van der Waals surface area contributed by atoms with Crippen molar-refractivity contribution >= 4 is 5.97 Å². The number of aryl methyl sites for hydroxylation is 1. The van der Waals surface area contributed by atoms with Gasteiger partial charge in [0.15, 0.2) is 0 Å². The van der Waals surface area contributed by atoms with E-state index in [-0.39, 0.29) is 0 Å². The number of hydrogen-bond acceptors (Lipinski definition) is 2. The van der Waals surface area contributed by atoms with Crippen LogP contribution in [0.3, 0.4) is 0 Å². The van der Waals surface area contributed by atoms with E-state index in [4.69, 9.17) is 9.84 Å². The number of carbonyl (C=O) groups is 1. The largest absolute Gasteiger partial charge is 0.497 e. The number of aliphatic carboxylic acids is 1. The molecule has 1 aromatic carbocycles. The summed E-state index contributed by atoms with van der Waals surface area (Å²) < 4.78 is 5.07.